The van der Waals surface area contributed by atoms with E-state index in [9.17, 15) is 0 Å². The second-order valence-electron chi connectivity index (χ2n) is 3.99. The summed E-state index contributed by atoms with van der Waals surface area (Å²) >= 11 is 0. The van der Waals surface area contributed by atoms with E-state index < -0.39 is 0 Å². The van der Waals surface area contributed by atoms with Crippen molar-refractivity contribution in [3.05, 3.63) is 12.1 Å². The van der Waals surface area contributed by atoms with Crippen molar-refractivity contribution < 1.29 is 4.74 Å². The van der Waals surface area contributed by atoms with E-state index in [2.05, 4.69) is 14.8 Å². The normalized spacial score (nSPS) is 10.6. The van der Waals surface area contributed by atoms with E-state index in [1.807, 2.05) is 33.3 Å². The van der Waals surface area contributed by atoms with Gasteiger partial charge in [-0.25, -0.2) is 0 Å². The monoisotopic (exact) mass is 224 g/mol. The Hall–Kier alpha value is -1.49. The Labute approximate surface area is 96.8 Å². The van der Waals surface area contributed by atoms with Gasteiger partial charge in [-0.2, -0.15) is 4.98 Å². The van der Waals surface area contributed by atoms with Crippen LogP contribution in [0.4, 0.5) is 11.5 Å². The number of pyridine rings is 1. The number of nitrogens with two attached hydrogens (primary N) is 1. The molecule has 0 aliphatic carbocycles. The van der Waals surface area contributed by atoms with Crippen LogP contribution in [0, 0.1) is 0 Å². The first-order valence-corrected chi connectivity index (χ1v) is 5.21. The largest absolute Gasteiger partial charge is 0.479 e. The maximum atomic E-state index is 5.71. The van der Waals surface area contributed by atoms with Crippen molar-refractivity contribution >= 4 is 11.5 Å². The molecule has 1 heterocycles. The van der Waals surface area contributed by atoms with Crippen LogP contribution in [0.15, 0.2) is 12.1 Å². The number of likely N-dealkylation sites (N-methyl/N-ethyl adjacent to an activating group) is 2. The minimum Gasteiger partial charge on any atom is -0.479 e. The fourth-order valence-electron chi connectivity index (χ4n) is 1.28. The lowest BCUT2D eigenvalue weighted by molar-refractivity contribution is 0.399. The molecule has 90 valence electrons. The molecular weight excluding hydrogens is 204 g/mol. The second-order valence-corrected chi connectivity index (χ2v) is 3.99. The molecular formula is C11H20N4O. The number of nitrogens with zero attached hydrogens (tertiary/aromatic N) is 3. The first kappa shape index (κ1) is 12.6. The zero-order chi connectivity index (χ0) is 12.1. The summed E-state index contributed by atoms with van der Waals surface area (Å²) in [5, 5.41) is 0. The quantitative estimate of drug-likeness (QED) is 0.796. The van der Waals surface area contributed by atoms with Crippen molar-refractivity contribution in [2.45, 2.75) is 0 Å². The predicted molar refractivity (Wildman–Crippen MR) is 67.0 cm³/mol. The van der Waals surface area contributed by atoms with E-state index in [0.717, 1.165) is 18.9 Å². The minimum atomic E-state index is 0.481. The lowest BCUT2D eigenvalue weighted by atomic mass is 10.3. The lowest BCUT2D eigenvalue weighted by Crippen LogP contribution is -2.29. The number of hydrogen-bond donors (Lipinski definition) is 1. The number of hydrogen-bond acceptors (Lipinski definition) is 5. The molecule has 1 aromatic heterocycles. The van der Waals surface area contributed by atoms with Crippen LogP contribution < -0.4 is 15.4 Å². The maximum Gasteiger partial charge on any atom is 0.238 e. The second kappa shape index (κ2) is 5.55. The molecule has 1 aromatic rings. The third kappa shape index (κ3) is 3.27. The Morgan fingerprint density at radius 1 is 1.25 bits per heavy atom. The van der Waals surface area contributed by atoms with Gasteiger partial charge in [0.25, 0.3) is 0 Å². The van der Waals surface area contributed by atoms with Crippen LogP contribution in [-0.4, -0.2) is 51.2 Å². The number of nitrogen functional groups attached to an aromatic ring is 1. The molecule has 16 heavy (non-hydrogen) atoms. The summed E-state index contributed by atoms with van der Waals surface area (Å²) in [6.45, 7) is 1.89. The molecule has 0 saturated heterocycles. The van der Waals surface area contributed by atoms with E-state index in [4.69, 9.17) is 10.5 Å². The topological polar surface area (TPSA) is 54.6 Å². The highest BCUT2D eigenvalue weighted by Gasteiger charge is 2.07. The molecule has 0 fully saturated rings. The Morgan fingerprint density at radius 2 is 1.94 bits per heavy atom. The zero-order valence-corrected chi connectivity index (χ0v) is 10.4. The Kier molecular flexibility index (Phi) is 4.37. The van der Waals surface area contributed by atoms with Gasteiger partial charge < -0.3 is 20.3 Å². The van der Waals surface area contributed by atoms with Crippen LogP contribution in [0.3, 0.4) is 0 Å². The molecule has 0 saturated carbocycles. The lowest BCUT2D eigenvalue weighted by Gasteiger charge is -2.21. The highest BCUT2D eigenvalue weighted by atomic mass is 16.5. The van der Waals surface area contributed by atoms with Gasteiger partial charge in [-0.1, -0.05) is 0 Å². The average molecular weight is 224 g/mol. The van der Waals surface area contributed by atoms with Gasteiger partial charge in [0.05, 0.1) is 12.8 Å². The van der Waals surface area contributed by atoms with E-state index in [0.29, 0.717) is 11.6 Å². The van der Waals surface area contributed by atoms with Crippen molar-refractivity contribution in [2.75, 3.05) is 52.0 Å². The van der Waals surface area contributed by atoms with Crippen LogP contribution in [0.25, 0.3) is 0 Å². The molecule has 0 bridgehead atoms. The first-order valence-electron chi connectivity index (χ1n) is 5.21. The number of ether oxygens (including phenoxy) is 1. The van der Waals surface area contributed by atoms with Crippen molar-refractivity contribution in [3.63, 3.8) is 0 Å². The molecule has 0 radical (unpaired) electrons. The average Bonchev–Trinajstić information content (AvgIpc) is 2.26. The van der Waals surface area contributed by atoms with Gasteiger partial charge in [-0.3, -0.25) is 0 Å². The summed E-state index contributed by atoms with van der Waals surface area (Å²) in [7, 11) is 7.67. The van der Waals surface area contributed by atoms with E-state index >= 15 is 0 Å². The third-order valence-corrected chi connectivity index (χ3v) is 2.34. The van der Waals surface area contributed by atoms with Crippen LogP contribution in [0.2, 0.25) is 0 Å². The number of rotatable bonds is 5. The SMILES string of the molecule is COc1nc(N(C)CCN(C)C)ccc1N. The number of anilines is 2. The minimum absolute atomic E-state index is 0.481. The van der Waals surface area contributed by atoms with E-state index in [1.165, 1.54) is 0 Å². The smallest absolute Gasteiger partial charge is 0.238 e. The molecule has 0 aliphatic rings. The van der Waals surface area contributed by atoms with Gasteiger partial charge in [0.1, 0.15) is 5.82 Å². The molecule has 0 aliphatic heterocycles. The third-order valence-electron chi connectivity index (χ3n) is 2.34. The summed E-state index contributed by atoms with van der Waals surface area (Å²) in [4.78, 5) is 8.53. The highest BCUT2D eigenvalue weighted by Crippen LogP contribution is 2.21. The molecule has 5 nitrogen and oxygen atoms in total. The molecule has 2 N–H and O–H groups in total. The number of aromatic nitrogens is 1. The molecule has 0 unspecified atom stereocenters. The van der Waals surface area contributed by atoms with E-state index in [1.54, 1.807) is 7.11 Å². The van der Waals surface area contributed by atoms with Gasteiger partial charge >= 0.3 is 0 Å². The molecule has 0 aromatic carbocycles. The summed E-state index contributed by atoms with van der Waals surface area (Å²) in [5.74, 6) is 1.35. The summed E-state index contributed by atoms with van der Waals surface area (Å²) in [6, 6.07) is 3.71. The van der Waals surface area contributed by atoms with Crippen molar-refractivity contribution in [1.82, 2.24) is 9.88 Å². The molecule has 0 amide bonds. The maximum absolute atomic E-state index is 5.71. The van der Waals surface area contributed by atoms with Crippen LogP contribution in [0.1, 0.15) is 0 Å². The molecule has 0 atom stereocenters. The Balaban J connectivity index is 2.72. The van der Waals surface area contributed by atoms with E-state index in [-0.39, 0.29) is 0 Å². The fourth-order valence-corrected chi connectivity index (χ4v) is 1.28. The molecule has 1 rings (SSSR count). The van der Waals surface area contributed by atoms with Crippen molar-refractivity contribution in [2.24, 2.45) is 0 Å². The molecule has 0 spiro atoms. The van der Waals surface area contributed by atoms with Crippen molar-refractivity contribution in [3.8, 4) is 5.88 Å². The highest BCUT2D eigenvalue weighted by molar-refractivity contribution is 5.54. The summed E-state index contributed by atoms with van der Waals surface area (Å²) in [5.41, 5.74) is 6.27. The summed E-state index contributed by atoms with van der Waals surface area (Å²) in [6.07, 6.45) is 0. The van der Waals surface area contributed by atoms with Gasteiger partial charge in [-0.05, 0) is 26.2 Å². The van der Waals surface area contributed by atoms with Crippen LogP contribution >= 0.6 is 0 Å². The van der Waals surface area contributed by atoms with Crippen molar-refractivity contribution in [1.29, 1.82) is 0 Å². The van der Waals surface area contributed by atoms with Crippen LogP contribution in [0.5, 0.6) is 5.88 Å². The molecule has 5 heteroatoms. The standard InChI is InChI=1S/C11H20N4O/c1-14(2)7-8-15(3)10-6-5-9(12)11(13-10)16-4/h5-6H,7-8,12H2,1-4H3. The van der Waals surface area contributed by atoms with Gasteiger partial charge in [0.15, 0.2) is 0 Å². The van der Waals surface area contributed by atoms with Gasteiger partial charge in [0.2, 0.25) is 5.88 Å². The fraction of sp³-hybridized carbons (Fsp3) is 0.545. The zero-order valence-electron chi connectivity index (χ0n) is 10.4. The summed E-state index contributed by atoms with van der Waals surface area (Å²) < 4.78 is 5.09. The predicted octanol–water partition coefficient (Wildman–Crippen LogP) is 0.670. The number of methoxy groups -OCH3 is 1. The Bertz CT molecular complexity index is 341. The first-order chi connectivity index (χ1) is 7.54. The van der Waals surface area contributed by atoms with Gasteiger partial charge in [0, 0.05) is 20.1 Å². The Morgan fingerprint density at radius 3 is 2.50 bits per heavy atom. The van der Waals surface area contributed by atoms with Crippen LogP contribution in [-0.2, 0) is 0 Å². The van der Waals surface area contributed by atoms with Gasteiger partial charge in [-0.15, -0.1) is 0 Å².